The van der Waals surface area contributed by atoms with Gasteiger partial charge in [0.2, 0.25) is 5.95 Å². The number of aryl methyl sites for hydroxylation is 2. The molecule has 1 unspecified atom stereocenters. The normalized spacial score (nSPS) is 16.0. The van der Waals surface area contributed by atoms with Crippen LogP contribution in [-0.4, -0.2) is 34.2 Å². The maximum Gasteiger partial charge on any atom is 0.222 e. The zero-order valence-electron chi connectivity index (χ0n) is 16.4. The molecule has 0 spiro atoms. The van der Waals surface area contributed by atoms with E-state index in [4.69, 9.17) is 14.9 Å². The molecule has 3 N–H and O–H groups in total. The molecule has 0 aliphatic carbocycles. The molecule has 0 amide bonds. The number of hydrogen-bond acceptors (Lipinski definition) is 8. The van der Waals surface area contributed by atoms with Crippen molar-refractivity contribution in [2.45, 2.75) is 32.8 Å². The van der Waals surface area contributed by atoms with Gasteiger partial charge in [0, 0.05) is 42.2 Å². The van der Waals surface area contributed by atoms with E-state index in [-0.39, 0.29) is 11.9 Å². The number of nitrogens with one attached hydrogen (secondary N) is 1. The monoisotopic (exact) mass is 390 g/mol. The fourth-order valence-corrected chi connectivity index (χ4v) is 3.50. The molecule has 3 aromatic heterocycles. The number of rotatable bonds is 5. The highest BCUT2D eigenvalue weighted by Crippen LogP contribution is 2.33. The zero-order chi connectivity index (χ0) is 20.4. The predicted octanol–water partition coefficient (Wildman–Crippen LogP) is 3.46. The maximum absolute atomic E-state index is 9.59. The first kappa shape index (κ1) is 18.9. The van der Waals surface area contributed by atoms with Crippen LogP contribution >= 0.6 is 0 Å². The van der Waals surface area contributed by atoms with E-state index in [1.165, 1.54) is 0 Å². The minimum absolute atomic E-state index is 0.166. The van der Waals surface area contributed by atoms with E-state index in [1.807, 2.05) is 26.0 Å². The quantitative estimate of drug-likeness (QED) is 0.679. The third-order valence-electron chi connectivity index (χ3n) is 4.95. The first-order chi connectivity index (χ1) is 14.0. The molecule has 1 saturated heterocycles. The molecule has 1 aliphatic heterocycles. The maximum atomic E-state index is 9.59. The second-order valence-corrected chi connectivity index (χ2v) is 7.07. The highest BCUT2D eigenvalue weighted by atomic mass is 16.5. The molecule has 148 valence electrons. The van der Waals surface area contributed by atoms with Crippen molar-refractivity contribution in [1.29, 1.82) is 5.26 Å². The molecule has 8 heteroatoms. The van der Waals surface area contributed by atoms with E-state index in [2.05, 4.69) is 26.3 Å². The summed E-state index contributed by atoms with van der Waals surface area (Å²) in [6.45, 7) is 5.23. The predicted molar refractivity (Wildman–Crippen MR) is 109 cm³/mol. The van der Waals surface area contributed by atoms with Gasteiger partial charge in [-0.05, 0) is 38.8 Å². The van der Waals surface area contributed by atoms with Crippen molar-refractivity contribution in [3.63, 3.8) is 0 Å². The number of nitrogens with two attached hydrogens (primary N) is 1. The van der Waals surface area contributed by atoms with Crippen LogP contribution in [0.1, 0.15) is 29.9 Å². The molecule has 8 nitrogen and oxygen atoms in total. The second-order valence-electron chi connectivity index (χ2n) is 7.07. The highest BCUT2D eigenvalue weighted by Gasteiger charge is 2.18. The summed E-state index contributed by atoms with van der Waals surface area (Å²) >= 11 is 0. The van der Waals surface area contributed by atoms with E-state index < -0.39 is 0 Å². The van der Waals surface area contributed by atoms with Gasteiger partial charge >= 0.3 is 0 Å². The molecule has 0 radical (unpaired) electrons. The number of anilines is 2. The van der Waals surface area contributed by atoms with Gasteiger partial charge in [-0.2, -0.15) is 5.26 Å². The average Bonchev–Trinajstić information content (AvgIpc) is 3.35. The Labute approximate surface area is 168 Å². The van der Waals surface area contributed by atoms with Gasteiger partial charge in [-0.25, -0.2) is 15.0 Å². The summed E-state index contributed by atoms with van der Waals surface area (Å²) in [5, 5.41) is 12.8. The van der Waals surface area contributed by atoms with Crippen LogP contribution in [0.3, 0.4) is 0 Å². The molecule has 0 aromatic carbocycles. The van der Waals surface area contributed by atoms with Gasteiger partial charge in [-0.3, -0.25) is 0 Å². The summed E-state index contributed by atoms with van der Waals surface area (Å²) < 4.78 is 11.2. The van der Waals surface area contributed by atoms with Gasteiger partial charge in [-0.15, -0.1) is 0 Å². The lowest BCUT2D eigenvalue weighted by molar-refractivity contribution is 0.120. The molecule has 29 heavy (non-hydrogen) atoms. The molecule has 1 aliphatic rings. The highest BCUT2D eigenvalue weighted by molar-refractivity contribution is 5.80. The average molecular weight is 390 g/mol. The first-order valence-electron chi connectivity index (χ1n) is 9.51. The van der Waals surface area contributed by atoms with Crippen LogP contribution < -0.4 is 11.1 Å². The van der Waals surface area contributed by atoms with E-state index in [1.54, 1.807) is 12.4 Å². The Bertz CT molecular complexity index is 1060. The van der Waals surface area contributed by atoms with Crippen LogP contribution in [0.4, 0.5) is 11.8 Å². The third-order valence-corrected chi connectivity index (χ3v) is 4.95. The Kier molecular flexibility index (Phi) is 5.14. The Balaban J connectivity index is 1.64. The number of aromatic nitrogens is 3. The Morgan fingerprint density at radius 3 is 2.66 bits per heavy atom. The molecular formula is C21H22N6O2. The number of nitrogen functional groups attached to an aromatic ring is 1. The fourth-order valence-electron chi connectivity index (χ4n) is 3.50. The smallest absolute Gasteiger partial charge is 0.222 e. The summed E-state index contributed by atoms with van der Waals surface area (Å²) in [4.78, 5) is 13.2. The Morgan fingerprint density at radius 1 is 1.24 bits per heavy atom. The van der Waals surface area contributed by atoms with Crippen LogP contribution in [0.5, 0.6) is 0 Å². The van der Waals surface area contributed by atoms with Crippen LogP contribution in [-0.2, 0) is 4.74 Å². The summed E-state index contributed by atoms with van der Waals surface area (Å²) in [5.41, 5.74) is 9.20. The van der Waals surface area contributed by atoms with Gasteiger partial charge in [-0.1, -0.05) is 0 Å². The second kappa shape index (κ2) is 7.89. The summed E-state index contributed by atoms with van der Waals surface area (Å²) in [7, 11) is 0. The Morgan fingerprint density at radius 2 is 2.03 bits per heavy atom. The molecule has 1 fully saturated rings. The number of furan rings is 1. The lowest BCUT2D eigenvalue weighted by Crippen LogP contribution is -2.19. The molecule has 3 aromatic rings. The minimum Gasteiger partial charge on any atom is -0.466 e. The molecule has 0 bridgehead atoms. The van der Waals surface area contributed by atoms with Gasteiger partial charge in [0.05, 0.1) is 11.8 Å². The van der Waals surface area contributed by atoms with E-state index in [9.17, 15) is 5.26 Å². The molecule has 0 saturated carbocycles. The molecular weight excluding hydrogens is 368 g/mol. The van der Waals surface area contributed by atoms with Gasteiger partial charge in [0.1, 0.15) is 29.0 Å². The van der Waals surface area contributed by atoms with Crippen molar-refractivity contribution in [2.24, 2.45) is 0 Å². The van der Waals surface area contributed by atoms with Crippen molar-refractivity contribution in [1.82, 2.24) is 15.0 Å². The van der Waals surface area contributed by atoms with Gasteiger partial charge in [0.15, 0.2) is 0 Å². The first-order valence-corrected chi connectivity index (χ1v) is 9.51. The van der Waals surface area contributed by atoms with Gasteiger partial charge < -0.3 is 20.2 Å². The van der Waals surface area contributed by atoms with E-state index in [0.29, 0.717) is 34.9 Å². The number of hydrogen-bond donors (Lipinski definition) is 2. The largest absolute Gasteiger partial charge is 0.466 e. The lowest BCUT2D eigenvalue weighted by Gasteiger charge is -2.12. The summed E-state index contributed by atoms with van der Waals surface area (Å²) in [5.74, 6) is 2.22. The third kappa shape index (κ3) is 3.91. The number of nitriles is 1. The number of ether oxygens (including phenoxy) is 1. The van der Waals surface area contributed by atoms with Crippen LogP contribution in [0.2, 0.25) is 0 Å². The van der Waals surface area contributed by atoms with Crippen LogP contribution in [0.25, 0.3) is 22.4 Å². The summed E-state index contributed by atoms with van der Waals surface area (Å²) in [6.07, 6.45) is 5.69. The van der Waals surface area contributed by atoms with E-state index >= 15 is 0 Å². The minimum atomic E-state index is 0.166. The van der Waals surface area contributed by atoms with Gasteiger partial charge in [0.25, 0.3) is 0 Å². The topological polar surface area (TPSA) is 123 Å². The summed E-state index contributed by atoms with van der Waals surface area (Å²) in [6, 6.07) is 5.87. The number of pyridine rings is 1. The van der Waals surface area contributed by atoms with Crippen LogP contribution in [0.15, 0.2) is 28.9 Å². The van der Waals surface area contributed by atoms with Crippen LogP contribution in [0, 0.1) is 25.2 Å². The van der Waals surface area contributed by atoms with Crippen molar-refractivity contribution < 1.29 is 9.15 Å². The lowest BCUT2D eigenvalue weighted by atomic mass is 10.0. The Hall–Kier alpha value is -3.44. The molecule has 1 atom stereocenters. The standard InChI is InChI=1S/C21H22N6O2/c1-12-6-16(13(2)29-12)19-7-17(18(8-22)20(23)27-19)14-9-24-21(25-10-14)26-11-15-4-3-5-28-15/h6-7,9-10,15H,3-5,11H2,1-2H3,(H2,23,27)(H,24,25,26). The SMILES string of the molecule is Cc1cc(-c2cc(-c3cnc(NCC4CCCO4)nc3)c(C#N)c(N)n2)c(C)o1. The molecule has 4 rings (SSSR count). The van der Waals surface area contributed by atoms with Crippen molar-refractivity contribution in [3.8, 4) is 28.5 Å². The van der Waals surface area contributed by atoms with Crippen molar-refractivity contribution >= 4 is 11.8 Å². The molecule has 4 heterocycles. The zero-order valence-corrected chi connectivity index (χ0v) is 16.4. The van der Waals surface area contributed by atoms with E-state index in [0.717, 1.165) is 36.5 Å². The van der Waals surface area contributed by atoms with Crippen molar-refractivity contribution in [2.75, 3.05) is 24.2 Å². The number of nitrogens with zero attached hydrogens (tertiary/aromatic N) is 4. The van der Waals surface area contributed by atoms with Crippen molar-refractivity contribution in [3.05, 3.63) is 41.6 Å². The fraction of sp³-hybridized carbons (Fsp3) is 0.333.